The van der Waals surface area contributed by atoms with Crippen molar-refractivity contribution in [1.82, 2.24) is 9.29 Å². The Bertz CT molecular complexity index is 561. The summed E-state index contributed by atoms with van der Waals surface area (Å²) in [6.45, 7) is 1.05. The van der Waals surface area contributed by atoms with Gasteiger partial charge in [0.25, 0.3) is 5.56 Å². The molecule has 7 heteroatoms. The molecule has 0 saturated carbocycles. The molecule has 0 spiro atoms. The number of hydrogen-bond donors (Lipinski definition) is 1. The highest BCUT2D eigenvalue weighted by molar-refractivity contribution is 7.89. The minimum Gasteiger partial charge on any atom is -0.326 e. The quantitative estimate of drug-likeness (QED) is 0.882. The largest absolute Gasteiger partial charge is 0.326 e. The summed E-state index contributed by atoms with van der Waals surface area (Å²) in [4.78, 5) is 13.4. The lowest BCUT2D eigenvalue weighted by molar-refractivity contribution is 0.346. The molecule has 0 unspecified atom stereocenters. The number of sulfonamides is 1. The van der Waals surface area contributed by atoms with Crippen molar-refractivity contribution in [3.63, 3.8) is 0 Å². The Morgan fingerprint density at radius 2 is 1.88 bits per heavy atom. The standard InChI is InChI=1S/C10H13ClN2O3S/c11-9-6-8(7-12-10(9)14)17(15,16)13-4-2-1-3-5-13/h6-7H,1-5H2,(H,12,14). The molecule has 0 aliphatic carbocycles. The fourth-order valence-corrected chi connectivity index (χ4v) is 3.59. The molecule has 0 aromatic carbocycles. The monoisotopic (exact) mass is 276 g/mol. The van der Waals surface area contributed by atoms with E-state index in [4.69, 9.17) is 11.6 Å². The first kappa shape index (κ1) is 12.6. The molecule has 0 radical (unpaired) electrons. The van der Waals surface area contributed by atoms with Crippen LogP contribution < -0.4 is 5.56 Å². The lowest BCUT2D eigenvalue weighted by atomic mass is 10.2. The van der Waals surface area contributed by atoms with Crippen molar-refractivity contribution in [2.45, 2.75) is 24.2 Å². The van der Waals surface area contributed by atoms with Gasteiger partial charge in [0.15, 0.2) is 0 Å². The molecule has 5 nitrogen and oxygen atoms in total. The van der Waals surface area contributed by atoms with Crippen molar-refractivity contribution < 1.29 is 8.42 Å². The number of rotatable bonds is 2. The van der Waals surface area contributed by atoms with Gasteiger partial charge in [0.1, 0.15) is 5.02 Å². The van der Waals surface area contributed by atoms with E-state index in [1.54, 1.807) is 0 Å². The van der Waals surface area contributed by atoms with Gasteiger partial charge in [0, 0.05) is 19.3 Å². The van der Waals surface area contributed by atoms with Crippen LogP contribution in [0.4, 0.5) is 0 Å². The van der Waals surface area contributed by atoms with E-state index in [0.717, 1.165) is 19.3 Å². The Morgan fingerprint density at radius 3 is 2.47 bits per heavy atom. The first-order chi connectivity index (χ1) is 8.01. The van der Waals surface area contributed by atoms with Gasteiger partial charge >= 0.3 is 0 Å². The average molecular weight is 277 g/mol. The van der Waals surface area contributed by atoms with Crippen LogP contribution in [-0.2, 0) is 10.0 Å². The molecule has 1 aliphatic rings. The van der Waals surface area contributed by atoms with E-state index in [9.17, 15) is 13.2 Å². The fraction of sp³-hybridized carbons (Fsp3) is 0.500. The van der Waals surface area contributed by atoms with E-state index >= 15 is 0 Å². The summed E-state index contributed by atoms with van der Waals surface area (Å²) >= 11 is 5.63. The summed E-state index contributed by atoms with van der Waals surface area (Å²) < 4.78 is 25.8. The molecule has 0 amide bonds. The smallest absolute Gasteiger partial charge is 0.266 e. The molecule has 1 aromatic rings. The van der Waals surface area contributed by atoms with E-state index in [2.05, 4.69) is 4.98 Å². The second-order valence-electron chi connectivity index (χ2n) is 3.98. The lowest BCUT2D eigenvalue weighted by Crippen LogP contribution is -2.35. The van der Waals surface area contributed by atoms with Crippen molar-refractivity contribution in [2.75, 3.05) is 13.1 Å². The van der Waals surface area contributed by atoms with Gasteiger partial charge in [-0.1, -0.05) is 18.0 Å². The number of pyridine rings is 1. The molecule has 2 rings (SSSR count). The van der Waals surface area contributed by atoms with Crippen molar-refractivity contribution in [3.05, 3.63) is 27.6 Å². The van der Waals surface area contributed by atoms with Crippen LogP contribution in [0.5, 0.6) is 0 Å². The molecular formula is C10H13ClN2O3S. The van der Waals surface area contributed by atoms with E-state index in [1.165, 1.54) is 16.6 Å². The molecule has 1 saturated heterocycles. The van der Waals surface area contributed by atoms with Crippen LogP contribution in [0.1, 0.15) is 19.3 Å². The van der Waals surface area contributed by atoms with Crippen LogP contribution in [0, 0.1) is 0 Å². The summed E-state index contributed by atoms with van der Waals surface area (Å²) in [5, 5.41) is -0.108. The topological polar surface area (TPSA) is 70.2 Å². The first-order valence-corrected chi connectivity index (χ1v) is 7.22. The normalized spacial score (nSPS) is 18.2. The van der Waals surface area contributed by atoms with Crippen LogP contribution in [0.25, 0.3) is 0 Å². The zero-order chi connectivity index (χ0) is 12.5. The van der Waals surface area contributed by atoms with Crippen LogP contribution in [0.2, 0.25) is 5.02 Å². The van der Waals surface area contributed by atoms with Gasteiger partial charge in [-0.3, -0.25) is 4.79 Å². The maximum Gasteiger partial charge on any atom is 0.266 e. The Balaban J connectivity index is 2.36. The van der Waals surface area contributed by atoms with E-state index in [0.29, 0.717) is 13.1 Å². The Labute approximate surface area is 104 Å². The van der Waals surface area contributed by atoms with Gasteiger partial charge in [-0.15, -0.1) is 0 Å². The van der Waals surface area contributed by atoms with Gasteiger partial charge in [-0.05, 0) is 18.9 Å². The SMILES string of the molecule is O=c1[nH]cc(S(=O)(=O)N2CCCCC2)cc1Cl. The van der Waals surface area contributed by atoms with E-state index < -0.39 is 15.6 Å². The molecule has 0 atom stereocenters. The Hall–Kier alpha value is -0.850. The molecular weight excluding hydrogens is 264 g/mol. The third-order valence-electron chi connectivity index (χ3n) is 2.78. The molecule has 1 aromatic heterocycles. The highest BCUT2D eigenvalue weighted by Crippen LogP contribution is 2.20. The number of piperidine rings is 1. The number of nitrogens with one attached hydrogen (secondary N) is 1. The summed E-state index contributed by atoms with van der Waals surface area (Å²) in [6, 6.07) is 1.20. The number of nitrogens with zero attached hydrogens (tertiary/aromatic N) is 1. The van der Waals surface area contributed by atoms with Crippen molar-refractivity contribution >= 4 is 21.6 Å². The zero-order valence-electron chi connectivity index (χ0n) is 9.15. The maximum atomic E-state index is 12.2. The second-order valence-corrected chi connectivity index (χ2v) is 6.32. The zero-order valence-corrected chi connectivity index (χ0v) is 10.7. The van der Waals surface area contributed by atoms with Gasteiger partial charge in [0.2, 0.25) is 10.0 Å². The molecule has 94 valence electrons. The van der Waals surface area contributed by atoms with Crippen LogP contribution in [0.15, 0.2) is 22.0 Å². The molecule has 0 bridgehead atoms. The molecule has 1 N–H and O–H groups in total. The third kappa shape index (κ3) is 2.53. The van der Waals surface area contributed by atoms with Gasteiger partial charge < -0.3 is 4.98 Å². The Morgan fingerprint density at radius 1 is 1.24 bits per heavy atom. The average Bonchev–Trinajstić information content (AvgIpc) is 2.33. The molecule has 1 aliphatic heterocycles. The lowest BCUT2D eigenvalue weighted by Gasteiger charge is -2.25. The minimum absolute atomic E-state index is 0.0454. The number of aromatic nitrogens is 1. The molecule has 17 heavy (non-hydrogen) atoms. The highest BCUT2D eigenvalue weighted by Gasteiger charge is 2.26. The van der Waals surface area contributed by atoms with Crippen molar-refractivity contribution in [2.24, 2.45) is 0 Å². The predicted octanol–water partition coefficient (Wildman–Crippen LogP) is 1.20. The van der Waals surface area contributed by atoms with Gasteiger partial charge in [-0.2, -0.15) is 4.31 Å². The number of halogens is 1. The van der Waals surface area contributed by atoms with Crippen LogP contribution >= 0.6 is 11.6 Å². The fourth-order valence-electron chi connectivity index (χ4n) is 1.84. The minimum atomic E-state index is -3.52. The third-order valence-corrected chi connectivity index (χ3v) is 4.94. The van der Waals surface area contributed by atoms with Crippen LogP contribution in [0.3, 0.4) is 0 Å². The number of H-pyrrole nitrogens is 1. The summed E-state index contributed by atoms with van der Waals surface area (Å²) in [7, 11) is -3.52. The van der Waals surface area contributed by atoms with Crippen molar-refractivity contribution in [3.8, 4) is 0 Å². The van der Waals surface area contributed by atoms with E-state index in [1.807, 2.05) is 0 Å². The number of hydrogen-bond acceptors (Lipinski definition) is 3. The molecule has 1 fully saturated rings. The van der Waals surface area contributed by atoms with Gasteiger partial charge in [0.05, 0.1) is 4.90 Å². The van der Waals surface area contributed by atoms with E-state index in [-0.39, 0.29) is 9.92 Å². The first-order valence-electron chi connectivity index (χ1n) is 5.40. The van der Waals surface area contributed by atoms with Crippen molar-refractivity contribution in [1.29, 1.82) is 0 Å². The predicted molar refractivity (Wildman–Crippen MR) is 64.7 cm³/mol. The van der Waals surface area contributed by atoms with Crippen LogP contribution in [-0.4, -0.2) is 30.8 Å². The summed E-state index contributed by atoms with van der Waals surface area (Å²) in [5.74, 6) is 0. The second kappa shape index (κ2) is 4.80. The summed E-state index contributed by atoms with van der Waals surface area (Å²) in [5.41, 5.74) is -0.482. The van der Waals surface area contributed by atoms with Gasteiger partial charge in [-0.25, -0.2) is 8.42 Å². The highest BCUT2D eigenvalue weighted by atomic mass is 35.5. The number of aromatic amines is 1. The Kier molecular flexibility index (Phi) is 3.56. The molecule has 2 heterocycles. The maximum absolute atomic E-state index is 12.2. The summed E-state index contributed by atoms with van der Waals surface area (Å²) in [6.07, 6.45) is 3.99.